The smallest absolute Gasteiger partial charge is 0.297 e. The van der Waals surface area contributed by atoms with Gasteiger partial charge in [0.1, 0.15) is 5.58 Å². The first-order valence-electron chi connectivity index (χ1n) is 32.6. The largest absolute Gasteiger partial charge is 0.468 e. The zero-order valence-electron chi connectivity index (χ0n) is 54.5. The molecule has 7 heterocycles. The van der Waals surface area contributed by atoms with E-state index in [9.17, 15) is 0 Å². The summed E-state index contributed by atoms with van der Waals surface area (Å²) in [4.78, 5) is 10.2. The first-order chi connectivity index (χ1) is 43.0. The van der Waals surface area contributed by atoms with E-state index >= 15 is 0 Å². The second-order valence-electron chi connectivity index (χ2n) is 30.2. The standard InChI is InChI=1S/C43H41BN2.C40H35BN2O/c1-26-24-35-38-36(25-26)46-33-18-11-9-14-29(33)42(5,6)30-15-13-16-31-37(30)39(46)40(43(31,7)8)44(38)32-17-10-12-19-34(32)45(35)28-22-20-27(21-23-28)41(2,3)4;1-24-22-32-36-33(23-24)43-30-15-9-7-12-27(30)40(5,6)28-13-11-17-34-35(28)37(43)38(44-34)41(36)29-14-8-10-16-31(29)42(32)26-20-18-25(19-21-26)39(2,3)4/h9-25H,1-8H3;7-23H,1-6H3. The third-order valence-corrected chi connectivity index (χ3v) is 21.7. The molecule has 10 aromatic carbocycles. The molecule has 0 bridgehead atoms. The van der Waals surface area contributed by atoms with Crippen LogP contribution in [0.5, 0.6) is 0 Å². The molecule has 0 N–H and O–H groups in total. The highest BCUT2D eigenvalue weighted by molar-refractivity contribution is 7.00. The molecule has 7 heteroatoms. The van der Waals surface area contributed by atoms with Crippen LogP contribution in [0.1, 0.15) is 139 Å². The summed E-state index contributed by atoms with van der Waals surface area (Å²) in [6, 6.07) is 78.0. The summed E-state index contributed by atoms with van der Waals surface area (Å²) >= 11 is 0. The maximum atomic E-state index is 7.02. The van der Waals surface area contributed by atoms with Crippen LogP contribution in [-0.2, 0) is 27.1 Å². The summed E-state index contributed by atoms with van der Waals surface area (Å²) in [7, 11) is 0. The van der Waals surface area contributed by atoms with E-state index in [1.165, 1.54) is 157 Å². The number of furan rings is 1. The number of allylic oxidation sites excluding steroid dienone is 1. The highest BCUT2D eigenvalue weighted by atomic mass is 16.3. The second kappa shape index (κ2) is 18.5. The van der Waals surface area contributed by atoms with E-state index in [1.54, 1.807) is 0 Å². The summed E-state index contributed by atoms with van der Waals surface area (Å²) < 4.78 is 7.02. The van der Waals surface area contributed by atoms with Crippen molar-refractivity contribution >= 4 is 120 Å². The van der Waals surface area contributed by atoms with Gasteiger partial charge in [-0.2, -0.15) is 0 Å². The predicted molar refractivity (Wildman–Crippen MR) is 382 cm³/mol. The minimum atomic E-state index is -0.202. The molecule has 18 rings (SSSR count). The molecule has 440 valence electrons. The molecule has 0 saturated heterocycles. The molecule has 11 aromatic rings. The average Bonchev–Trinajstić information content (AvgIpc) is 1.49. The molecule has 90 heavy (non-hydrogen) atoms. The van der Waals surface area contributed by atoms with Crippen LogP contribution in [0.25, 0.3) is 16.7 Å². The molecule has 0 unspecified atom stereocenters. The van der Waals surface area contributed by atoms with Gasteiger partial charge in [-0.25, -0.2) is 0 Å². The fourth-order valence-corrected chi connectivity index (χ4v) is 17.3. The number of para-hydroxylation sites is 4. The number of hydrogen-bond donors (Lipinski definition) is 0. The zero-order valence-corrected chi connectivity index (χ0v) is 54.5. The van der Waals surface area contributed by atoms with Gasteiger partial charge < -0.3 is 24.0 Å². The lowest BCUT2D eigenvalue weighted by Gasteiger charge is -2.46. The van der Waals surface area contributed by atoms with Crippen LogP contribution in [0.4, 0.5) is 62.6 Å². The lowest BCUT2D eigenvalue weighted by Crippen LogP contribution is -2.61. The lowest BCUT2D eigenvalue weighted by atomic mass is 9.30. The molecule has 0 fully saturated rings. The summed E-state index contributed by atoms with van der Waals surface area (Å²) in [5.74, 6) is 0. The van der Waals surface area contributed by atoms with Gasteiger partial charge in [0.15, 0.2) is 0 Å². The van der Waals surface area contributed by atoms with Crippen LogP contribution in [0.2, 0.25) is 0 Å². The maximum absolute atomic E-state index is 7.02. The number of fused-ring (bicyclic) bond motifs is 12. The van der Waals surface area contributed by atoms with Gasteiger partial charge in [-0.1, -0.05) is 216 Å². The van der Waals surface area contributed by atoms with Crippen molar-refractivity contribution in [1.82, 2.24) is 0 Å². The molecule has 0 saturated carbocycles. The fourth-order valence-electron chi connectivity index (χ4n) is 17.3. The number of rotatable bonds is 2. The second-order valence-corrected chi connectivity index (χ2v) is 30.2. The highest BCUT2D eigenvalue weighted by Gasteiger charge is 2.56. The Morgan fingerprint density at radius 3 is 1.30 bits per heavy atom. The Balaban J connectivity index is 0.000000139. The fraction of sp³-hybridized carbons (Fsp3) is 0.229. The van der Waals surface area contributed by atoms with Gasteiger partial charge in [-0.05, 0) is 175 Å². The first-order valence-corrected chi connectivity index (χ1v) is 32.6. The van der Waals surface area contributed by atoms with E-state index < -0.39 is 0 Å². The lowest BCUT2D eigenvalue weighted by molar-refractivity contribution is 0.590. The third kappa shape index (κ3) is 7.35. The van der Waals surface area contributed by atoms with Gasteiger partial charge in [0, 0.05) is 78.4 Å². The van der Waals surface area contributed by atoms with E-state index in [2.05, 4.69) is 323 Å². The average molecular weight is 1170 g/mol. The molecule has 1 aliphatic carbocycles. The van der Waals surface area contributed by atoms with Gasteiger partial charge in [-0.15, -0.1) is 0 Å². The Morgan fingerprint density at radius 1 is 0.367 bits per heavy atom. The molecule has 5 nitrogen and oxygen atoms in total. The van der Waals surface area contributed by atoms with Crippen LogP contribution < -0.4 is 47.1 Å². The number of aryl methyl sites for hydroxylation is 2. The van der Waals surface area contributed by atoms with Crippen molar-refractivity contribution < 1.29 is 4.42 Å². The molecular formula is C83H76B2N4O. The van der Waals surface area contributed by atoms with Crippen molar-refractivity contribution in [3.8, 4) is 0 Å². The molecule has 1 aromatic heterocycles. The van der Waals surface area contributed by atoms with Crippen molar-refractivity contribution in [2.24, 2.45) is 0 Å². The van der Waals surface area contributed by atoms with E-state index in [-0.39, 0.29) is 40.5 Å². The van der Waals surface area contributed by atoms with Crippen LogP contribution in [0, 0.1) is 13.8 Å². The summed E-state index contributed by atoms with van der Waals surface area (Å²) in [5.41, 5.74) is 37.2. The number of benzene rings is 10. The number of hydrogen-bond acceptors (Lipinski definition) is 5. The Bertz CT molecular complexity index is 4950. The third-order valence-electron chi connectivity index (χ3n) is 21.7. The maximum Gasteiger partial charge on any atom is 0.297 e. The summed E-state index contributed by atoms with van der Waals surface area (Å²) in [5, 5.41) is 1.23. The van der Waals surface area contributed by atoms with Gasteiger partial charge in [-0.3, -0.25) is 0 Å². The SMILES string of the molecule is Cc1cc2c3c(c1)N(c1ccc(C(C)(C)C)cc1)c1ccccc1B3C1=C3c4c(cccc4C(C)(C)c4ccccc4N32)C1(C)C.Cc1cc2c3c(c1)N1c4ccccc4C(C)(C)c4cccc5oc(c1c45)B3c1ccccc1N2c1ccc(C(C)(C)C)cc1. The Labute approximate surface area is 532 Å². The van der Waals surface area contributed by atoms with E-state index in [0.29, 0.717) is 0 Å². The molecular weight excluding hydrogens is 1090 g/mol. The minimum absolute atomic E-state index is 0.0122. The van der Waals surface area contributed by atoms with Crippen LogP contribution in [0.15, 0.2) is 216 Å². The van der Waals surface area contributed by atoms with Crippen LogP contribution in [0.3, 0.4) is 0 Å². The molecule has 6 aliphatic heterocycles. The summed E-state index contributed by atoms with van der Waals surface area (Å²) in [6.45, 7) is 32.8. The topological polar surface area (TPSA) is 26.1 Å². The normalized spacial score (nSPS) is 16.6. The molecule has 7 aliphatic rings. The number of anilines is 11. The van der Waals surface area contributed by atoms with Crippen LogP contribution in [-0.4, -0.2) is 13.4 Å². The van der Waals surface area contributed by atoms with Gasteiger partial charge in [0.2, 0.25) is 6.71 Å². The van der Waals surface area contributed by atoms with Crippen molar-refractivity contribution in [3.63, 3.8) is 0 Å². The molecule has 0 radical (unpaired) electrons. The Kier molecular flexibility index (Phi) is 11.3. The number of nitrogens with zero attached hydrogens (tertiary/aromatic N) is 4. The quantitative estimate of drug-likeness (QED) is 0.161. The van der Waals surface area contributed by atoms with Crippen molar-refractivity contribution in [3.05, 3.63) is 267 Å². The van der Waals surface area contributed by atoms with E-state index in [1.807, 2.05) is 0 Å². The van der Waals surface area contributed by atoms with Crippen molar-refractivity contribution in [2.75, 3.05) is 19.6 Å². The monoisotopic (exact) mass is 1170 g/mol. The highest BCUT2D eigenvalue weighted by Crippen LogP contribution is 2.61. The molecule has 0 amide bonds. The van der Waals surface area contributed by atoms with Gasteiger partial charge in [0.05, 0.1) is 22.7 Å². The van der Waals surface area contributed by atoms with Crippen molar-refractivity contribution in [2.45, 2.75) is 124 Å². The van der Waals surface area contributed by atoms with E-state index in [4.69, 9.17) is 4.42 Å². The van der Waals surface area contributed by atoms with Gasteiger partial charge in [0.25, 0.3) is 6.71 Å². The zero-order chi connectivity index (χ0) is 62.0. The first kappa shape index (κ1) is 54.9. The predicted octanol–water partition coefficient (Wildman–Crippen LogP) is 18.5. The Hall–Kier alpha value is -9.19. The van der Waals surface area contributed by atoms with Crippen molar-refractivity contribution in [1.29, 1.82) is 0 Å². The van der Waals surface area contributed by atoms with Gasteiger partial charge >= 0.3 is 0 Å². The van der Waals surface area contributed by atoms with Crippen LogP contribution >= 0.6 is 0 Å². The molecule has 0 spiro atoms. The Morgan fingerprint density at radius 2 is 0.767 bits per heavy atom. The summed E-state index contributed by atoms with van der Waals surface area (Å²) in [6.07, 6.45) is 0. The van der Waals surface area contributed by atoms with E-state index in [0.717, 1.165) is 11.2 Å². The molecule has 0 atom stereocenters. The minimum Gasteiger partial charge on any atom is -0.468 e.